The Labute approximate surface area is 181 Å². The van der Waals surface area contributed by atoms with Crippen LogP contribution in [0.4, 0.5) is 28.7 Å². The van der Waals surface area contributed by atoms with E-state index in [0.717, 1.165) is 0 Å². The summed E-state index contributed by atoms with van der Waals surface area (Å²) < 4.78 is 21.1. The van der Waals surface area contributed by atoms with Crippen molar-refractivity contribution in [2.45, 2.75) is 0 Å². The molecule has 11 nitrogen and oxygen atoms in total. The summed E-state index contributed by atoms with van der Waals surface area (Å²) in [4.78, 5) is 19.3. The Morgan fingerprint density at radius 2 is 1.74 bits per heavy atom. The molecule has 0 amide bonds. The van der Waals surface area contributed by atoms with Gasteiger partial charge in [-0.2, -0.15) is 0 Å². The number of nitro groups is 1. The minimum Gasteiger partial charge on any atom is -0.495 e. The molecule has 12 heteroatoms. The van der Waals surface area contributed by atoms with Gasteiger partial charge in [0.2, 0.25) is 18.4 Å². The first-order chi connectivity index (χ1) is 15.0. The fraction of sp³-hybridized carbons (Fsp3) is 0.158. The van der Waals surface area contributed by atoms with Crippen molar-refractivity contribution >= 4 is 40.3 Å². The van der Waals surface area contributed by atoms with Crippen molar-refractivity contribution in [3.05, 3.63) is 51.8 Å². The van der Waals surface area contributed by atoms with Gasteiger partial charge in [-0.05, 0) is 18.2 Å². The highest BCUT2D eigenvalue weighted by Crippen LogP contribution is 2.41. The second-order valence-electron chi connectivity index (χ2n) is 6.18. The number of rotatable bonds is 7. The summed E-state index contributed by atoms with van der Waals surface area (Å²) in [6.07, 6.45) is 1.20. The molecule has 0 saturated heterocycles. The number of anilines is 4. The Morgan fingerprint density at radius 3 is 2.45 bits per heavy atom. The Bertz CT molecular complexity index is 1160. The number of nitrogens with zero attached hydrogens (tertiary/aromatic N) is 3. The van der Waals surface area contributed by atoms with Gasteiger partial charge in [0.05, 0.1) is 29.9 Å². The first-order valence-corrected chi connectivity index (χ1v) is 9.22. The molecule has 0 atom stereocenters. The molecule has 4 rings (SSSR count). The number of ether oxygens (including phenoxy) is 4. The van der Waals surface area contributed by atoms with Gasteiger partial charge in [0, 0.05) is 17.8 Å². The number of methoxy groups -OCH3 is 2. The van der Waals surface area contributed by atoms with Crippen LogP contribution in [0.25, 0.3) is 0 Å². The number of hydrogen-bond acceptors (Lipinski definition) is 10. The Morgan fingerprint density at radius 1 is 1.03 bits per heavy atom. The van der Waals surface area contributed by atoms with Gasteiger partial charge in [-0.15, -0.1) is 0 Å². The van der Waals surface area contributed by atoms with Gasteiger partial charge < -0.3 is 29.6 Å². The molecule has 2 aromatic carbocycles. The Hall–Kier alpha value is -3.99. The van der Waals surface area contributed by atoms with Crippen LogP contribution in [-0.4, -0.2) is 35.9 Å². The Balaban J connectivity index is 1.70. The maximum Gasteiger partial charge on any atom is 0.353 e. The molecule has 160 valence electrons. The van der Waals surface area contributed by atoms with E-state index in [2.05, 4.69) is 20.6 Å². The lowest BCUT2D eigenvalue weighted by Crippen LogP contribution is -2.06. The summed E-state index contributed by atoms with van der Waals surface area (Å²) in [6, 6.07) is 8.13. The van der Waals surface area contributed by atoms with Crippen LogP contribution in [0.1, 0.15) is 0 Å². The molecule has 0 saturated carbocycles. The third kappa shape index (κ3) is 4.03. The molecule has 2 N–H and O–H groups in total. The van der Waals surface area contributed by atoms with Crippen molar-refractivity contribution in [1.82, 2.24) is 9.97 Å². The van der Waals surface area contributed by atoms with Crippen LogP contribution in [0.15, 0.2) is 36.7 Å². The molecule has 31 heavy (non-hydrogen) atoms. The summed E-state index contributed by atoms with van der Waals surface area (Å²) >= 11 is 6.19. The normalized spacial score (nSPS) is 11.7. The second-order valence-corrected chi connectivity index (χ2v) is 6.59. The van der Waals surface area contributed by atoms with Gasteiger partial charge in [-0.25, -0.2) is 9.97 Å². The molecule has 3 aromatic rings. The largest absolute Gasteiger partial charge is 0.495 e. The van der Waals surface area contributed by atoms with Crippen molar-refractivity contribution in [2.75, 3.05) is 31.6 Å². The van der Waals surface area contributed by atoms with Crippen molar-refractivity contribution in [1.29, 1.82) is 0 Å². The summed E-state index contributed by atoms with van der Waals surface area (Å²) in [5.41, 5.74) is 0.528. The number of aromatic nitrogens is 2. The second kappa shape index (κ2) is 8.40. The van der Waals surface area contributed by atoms with Gasteiger partial charge >= 0.3 is 5.69 Å². The number of hydrogen-bond donors (Lipinski definition) is 2. The SMILES string of the molecule is COc1cc(OC)c(Nc2ncnc(Nc3ccc4c(c3)OCO4)c2[N+](=O)[O-])cc1Cl. The first kappa shape index (κ1) is 20.3. The summed E-state index contributed by atoms with van der Waals surface area (Å²) in [7, 11) is 2.92. The zero-order valence-corrected chi connectivity index (χ0v) is 17.1. The zero-order chi connectivity index (χ0) is 22.0. The zero-order valence-electron chi connectivity index (χ0n) is 16.3. The monoisotopic (exact) mass is 445 g/mol. The van der Waals surface area contributed by atoms with Crippen molar-refractivity contribution in [3.8, 4) is 23.0 Å². The highest BCUT2D eigenvalue weighted by Gasteiger charge is 2.25. The minimum absolute atomic E-state index is 0.0139. The highest BCUT2D eigenvalue weighted by molar-refractivity contribution is 6.32. The van der Waals surface area contributed by atoms with Crippen LogP contribution in [0.2, 0.25) is 5.02 Å². The van der Waals surface area contributed by atoms with Crippen LogP contribution >= 0.6 is 11.6 Å². The van der Waals surface area contributed by atoms with E-state index in [0.29, 0.717) is 39.4 Å². The van der Waals surface area contributed by atoms with Crippen molar-refractivity contribution in [2.24, 2.45) is 0 Å². The molecule has 1 aromatic heterocycles. The number of fused-ring (bicyclic) bond motifs is 1. The molecule has 0 unspecified atom stereocenters. The summed E-state index contributed by atoms with van der Waals surface area (Å²) in [5, 5.41) is 18.0. The van der Waals surface area contributed by atoms with Crippen molar-refractivity contribution < 1.29 is 23.9 Å². The van der Waals surface area contributed by atoms with Gasteiger partial charge in [0.1, 0.15) is 17.8 Å². The molecule has 0 spiro atoms. The average Bonchev–Trinajstić information content (AvgIpc) is 3.22. The van der Waals surface area contributed by atoms with E-state index in [1.807, 2.05) is 0 Å². The molecule has 0 radical (unpaired) electrons. The Kier molecular flexibility index (Phi) is 5.50. The van der Waals surface area contributed by atoms with E-state index in [4.69, 9.17) is 30.5 Å². The highest BCUT2D eigenvalue weighted by atomic mass is 35.5. The first-order valence-electron chi connectivity index (χ1n) is 8.84. The molecule has 0 aliphatic carbocycles. The lowest BCUT2D eigenvalue weighted by Gasteiger charge is -2.14. The smallest absolute Gasteiger partial charge is 0.353 e. The van der Waals surface area contributed by atoms with E-state index in [9.17, 15) is 10.1 Å². The quantitative estimate of drug-likeness (QED) is 0.401. The fourth-order valence-corrected chi connectivity index (χ4v) is 3.17. The molecule has 1 aliphatic rings. The predicted molar refractivity (Wildman–Crippen MR) is 112 cm³/mol. The molecule has 2 heterocycles. The van der Waals surface area contributed by atoms with Gasteiger partial charge in [-0.1, -0.05) is 11.6 Å². The van der Waals surface area contributed by atoms with E-state index < -0.39 is 4.92 Å². The average molecular weight is 446 g/mol. The lowest BCUT2D eigenvalue weighted by atomic mass is 10.2. The number of benzene rings is 2. The minimum atomic E-state index is -0.588. The third-order valence-corrected chi connectivity index (χ3v) is 4.66. The van der Waals surface area contributed by atoms with Crippen molar-refractivity contribution in [3.63, 3.8) is 0 Å². The molecular weight excluding hydrogens is 430 g/mol. The predicted octanol–water partition coefficient (Wildman–Crippen LogP) is 4.27. The maximum absolute atomic E-state index is 11.9. The number of nitrogens with one attached hydrogen (secondary N) is 2. The fourth-order valence-electron chi connectivity index (χ4n) is 2.93. The standard InChI is InChI=1S/C19H16ClN5O6/c1-28-14-7-15(29-2)12(6-11(14)20)24-19-17(25(26)27)18(21-8-22-19)23-10-3-4-13-16(5-10)31-9-30-13/h3-8H,9H2,1-2H3,(H2,21,22,23,24). The molecule has 1 aliphatic heterocycles. The van der Waals surface area contributed by atoms with E-state index in [1.165, 1.54) is 26.6 Å². The molecular formula is C19H16ClN5O6. The maximum atomic E-state index is 11.9. The molecule has 0 fully saturated rings. The summed E-state index contributed by atoms with van der Waals surface area (Å²) in [6.45, 7) is 0.118. The van der Waals surface area contributed by atoms with Crippen LogP contribution in [0.5, 0.6) is 23.0 Å². The van der Waals surface area contributed by atoms with Crippen LogP contribution < -0.4 is 29.6 Å². The summed E-state index contributed by atoms with van der Waals surface area (Å²) in [5.74, 6) is 1.81. The van der Waals surface area contributed by atoms with Gasteiger partial charge in [0.15, 0.2) is 11.5 Å². The molecule has 0 bridgehead atoms. The van der Waals surface area contributed by atoms with E-state index in [1.54, 1.807) is 24.3 Å². The number of halogens is 1. The van der Waals surface area contributed by atoms with Gasteiger partial charge in [0.25, 0.3) is 0 Å². The van der Waals surface area contributed by atoms with E-state index >= 15 is 0 Å². The van der Waals surface area contributed by atoms with Crippen LogP contribution in [-0.2, 0) is 0 Å². The van der Waals surface area contributed by atoms with E-state index in [-0.39, 0.29) is 24.1 Å². The third-order valence-electron chi connectivity index (χ3n) is 4.37. The van der Waals surface area contributed by atoms with Gasteiger partial charge in [-0.3, -0.25) is 10.1 Å². The lowest BCUT2D eigenvalue weighted by molar-refractivity contribution is -0.383. The van der Waals surface area contributed by atoms with Crippen LogP contribution in [0, 0.1) is 10.1 Å². The van der Waals surface area contributed by atoms with Crippen LogP contribution in [0.3, 0.4) is 0 Å². The topological polar surface area (TPSA) is 130 Å².